The van der Waals surface area contributed by atoms with E-state index >= 15 is 0 Å². The molecule has 0 saturated heterocycles. The fraction of sp³-hybridized carbons (Fsp3) is 0.310. The first-order valence-corrected chi connectivity index (χ1v) is 14.4. The van der Waals surface area contributed by atoms with E-state index in [1.165, 1.54) is 11.8 Å². The van der Waals surface area contributed by atoms with E-state index < -0.39 is 6.04 Å². The first kappa shape index (κ1) is 29.4. The quantitative estimate of drug-likeness (QED) is 0.246. The highest BCUT2D eigenvalue weighted by Gasteiger charge is 2.30. The van der Waals surface area contributed by atoms with Crippen LogP contribution in [-0.2, 0) is 28.3 Å². The Balaban J connectivity index is 1.86. The van der Waals surface area contributed by atoms with Crippen molar-refractivity contribution < 1.29 is 9.59 Å². The van der Waals surface area contributed by atoms with Gasteiger partial charge in [0, 0.05) is 40.3 Å². The van der Waals surface area contributed by atoms with Gasteiger partial charge in [-0.15, -0.1) is 11.8 Å². The van der Waals surface area contributed by atoms with Crippen LogP contribution in [0.3, 0.4) is 0 Å². The van der Waals surface area contributed by atoms with E-state index in [1.54, 1.807) is 23.1 Å². The van der Waals surface area contributed by atoms with Crippen molar-refractivity contribution in [1.29, 1.82) is 0 Å². The van der Waals surface area contributed by atoms with Crippen molar-refractivity contribution in [3.05, 3.63) is 105 Å². The molecule has 1 atom stereocenters. The van der Waals surface area contributed by atoms with Crippen LogP contribution in [0, 0.1) is 5.92 Å². The van der Waals surface area contributed by atoms with Gasteiger partial charge < -0.3 is 10.2 Å². The Bertz CT molecular complexity index is 1170. The molecule has 0 unspecified atom stereocenters. The molecule has 0 aliphatic rings. The zero-order valence-corrected chi connectivity index (χ0v) is 24.0. The zero-order valence-electron chi connectivity index (χ0n) is 20.9. The van der Waals surface area contributed by atoms with Crippen molar-refractivity contribution in [3.8, 4) is 0 Å². The second-order valence-electron chi connectivity index (χ2n) is 9.22. The van der Waals surface area contributed by atoms with Crippen molar-refractivity contribution in [2.75, 3.05) is 12.3 Å². The molecule has 0 bridgehead atoms. The number of thioether (sulfide) groups is 1. The molecular weight excluding hydrogens is 547 g/mol. The van der Waals surface area contributed by atoms with E-state index in [-0.39, 0.29) is 30.0 Å². The van der Waals surface area contributed by atoms with Crippen LogP contribution >= 0.6 is 46.6 Å². The van der Waals surface area contributed by atoms with Gasteiger partial charge in [0.15, 0.2) is 0 Å². The van der Waals surface area contributed by atoms with E-state index in [9.17, 15) is 9.59 Å². The van der Waals surface area contributed by atoms with Gasteiger partial charge in [-0.05, 0) is 46.9 Å². The molecule has 0 aromatic heterocycles. The summed E-state index contributed by atoms with van der Waals surface area (Å²) in [5.41, 5.74) is 2.78. The number of hydrogen-bond acceptors (Lipinski definition) is 3. The number of benzene rings is 3. The molecule has 0 saturated carbocycles. The lowest BCUT2D eigenvalue weighted by molar-refractivity contribution is -0.139. The lowest BCUT2D eigenvalue weighted by Crippen LogP contribution is -2.51. The van der Waals surface area contributed by atoms with Crippen LogP contribution in [0.25, 0.3) is 0 Å². The number of carbonyl (C=O) groups excluding carboxylic acids is 2. The zero-order chi connectivity index (χ0) is 26.8. The summed E-state index contributed by atoms with van der Waals surface area (Å²) in [6, 6.07) is 21.8. The summed E-state index contributed by atoms with van der Waals surface area (Å²) in [5.74, 6) is 0.841. The molecule has 37 heavy (non-hydrogen) atoms. The monoisotopic (exact) mass is 576 g/mol. The van der Waals surface area contributed by atoms with Gasteiger partial charge in [-0.25, -0.2) is 0 Å². The lowest BCUT2D eigenvalue weighted by atomic mass is 10.0. The second-order valence-corrected chi connectivity index (χ2v) is 11.5. The molecule has 0 spiro atoms. The molecule has 3 aromatic rings. The third kappa shape index (κ3) is 9.57. The molecule has 4 nitrogen and oxygen atoms in total. The predicted octanol–water partition coefficient (Wildman–Crippen LogP) is 7.29. The molecule has 196 valence electrons. The maximum Gasteiger partial charge on any atom is 0.243 e. The first-order chi connectivity index (χ1) is 17.7. The van der Waals surface area contributed by atoms with E-state index in [1.807, 2.05) is 68.4 Å². The Morgan fingerprint density at radius 3 is 2.22 bits per heavy atom. The molecule has 0 aliphatic carbocycles. The number of nitrogens with one attached hydrogen (secondary N) is 1. The van der Waals surface area contributed by atoms with Crippen LogP contribution in [0.1, 0.15) is 30.5 Å². The summed E-state index contributed by atoms with van der Waals surface area (Å²) in [7, 11) is 0. The van der Waals surface area contributed by atoms with Gasteiger partial charge in [0.25, 0.3) is 0 Å². The number of halogens is 3. The Kier molecular flexibility index (Phi) is 11.7. The Hall–Kier alpha value is -2.18. The summed E-state index contributed by atoms with van der Waals surface area (Å²) >= 11 is 20.1. The Labute approximate surface area is 238 Å². The number of amides is 2. The summed E-state index contributed by atoms with van der Waals surface area (Å²) in [6.07, 6.45) is 0.392. The molecule has 3 aromatic carbocycles. The normalized spacial score (nSPS) is 11.8. The van der Waals surface area contributed by atoms with Gasteiger partial charge >= 0.3 is 0 Å². The molecule has 2 amide bonds. The van der Waals surface area contributed by atoms with Crippen LogP contribution in [0.5, 0.6) is 0 Å². The summed E-state index contributed by atoms with van der Waals surface area (Å²) in [4.78, 5) is 28.8. The van der Waals surface area contributed by atoms with Crippen LogP contribution in [0.15, 0.2) is 72.8 Å². The fourth-order valence-electron chi connectivity index (χ4n) is 3.73. The molecule has 0 fully saturated rings. The largest absolute Gasteiger partial charge is 0.354 e. The first-order valence-electron chi connectivity index (χ1n) is 12.1. The van der Waals surface area contributed by atoms with Gasteiger partial charge in [-0.1, -0.05) is 97.2 Å². The maximum absolute atomic E-state index is 13.7. The SMILES string of the molecule is CC(C)CNC(=O)[C@@H](Cc1ccccc1)N(Cc1ccc(Cl)cc1Cl)C(=O)CSCc1ccc(Cl)cc1. The van der Waals surface area contributed by atoms with E-state index in [0.717, 1.165) is 16.7 Å². The van der Waals surface area contributed by atoms with Gasteiger partial charge in [-0.3, -0.25) is 9.59 Å². The van der Waals surface area contributed by atoms with Crippen molar-refractivity contribution >= 4 is 58.4 Å². The number of carbonyl (C=O) groups is 2. The minimum atomic E-state index is -0.698. The molecule has 3 rings (SSSR count). The number of rotatable bonds is 12. The molecule has 0 aliphatic heterocycles. The number of hydrogen-bond donors (Lipinski definition) is 1. The standard InChI is InChI=1S/C29H31Cl3N2O2S/c1-20(2)16-33-29(36)27(14-21-6-4-3-5-7-21)34(17-23-10-13-25(31)15-26(23)32)28(35)19-37-18-22-8-11-24(30)12-9-22/h3-13,15,20,27H,14,16-19H2,1-2H3,(H,33,36)/t27-/m1/s1. The van der Waals surface area contributed by atoms with Crippen LogP contribution in [0.2, 0.25) is 15.1 Å². The Morgan fingerprint density at radius 2 is 1.57 bits per heavy atom. The molecule has 1 N–H and O–H groups in total. The maximum atomic E-state index is 13.7. The second kappa shape index (κ2) is 14.7. The van der Waals surface area contributed by atoms with Crippen LogP contribution in [0.4, 0.5) is 0 Å². The number of nitrogens with zero attached hydrogens (tertiary/aromatic N) is 1. The topological polar surface area (TPSA) is 49.4 Å². The average Bonchev–Trinajstić information content (AvgIpc) is 2.87. The van der Waals surface area contributed by atoms with Gasteiger partial charge in [0.2, 0.25) is 11.8 Å². The predicted molar refractivity (Wildman–Crippen MR) is 156 cm³/mol. The highest BCUT2D eigenvalue weighted by Crippen LogP contribution is 2.25. The average molecular weight is 578 g/mol. The summed E-state index contributed by atoms with van der Waals surface area (Å²) in [6.45, 7) is 4.80. The van der Waals surface area contributed by atoms with Gasteiger partial charge in [0.1, 0.15) is 6.04 Å². The lowest BCUT2D eigenvalue weighted by Gasteiger charge is -2.32. The van der Waals surface area contributed by atoms with E-state index in [2.05, 4.69) is 5.32 Å². The molecule has 8 heteroatoms. The van der Waals surface area contributed by atoms with Crippen molar-refractivity contribution in [2.24, 2.45) is 5.92 Å². The highest BCUT2D eigenvalue weighted by molar-refractivity contribution is 7.99. The molecule has 0 heterocycles. The minimum Gasteiger partial charge on any atom is -0.354 e. The van der Waals surface area contributed by atoms with Crippen LogP contribution < -0.4 is 5.32 Å². The van der Waals surface area contributed by atoms with Crippen molar-refractivity contribution in [3.63, 3.8) is 0 Å². The smallest absolute Gasteiger partial charge is 0.243 e. The fourth-order valence-corrected chi connectivity index (χ4v) is 5.19. The molecule has 0 radical (unpaired) electrons. The van der Waals surface area contributed by atoms with Gasteiger partial charge in [0.05, 0.1) is 5.75 Å². The van der Waals surface area contributed by atoms with Gasteiger partial charge in [-0.2, -0.15) is 0 Å². The highest BCUT2D eigenvalue weighted by atomic mass is 35.5. The summed E-state index contributed by atoms with van der Waals surface area (Å²) in [5, 5.41) is 4.67. The minimum absolute atomic E-state index is 0.134. The third-order valence-electron chi connectivity index (χ3n) is 5.72. The molecular formula is C29H31Cl3N2O2S. The third-order valence-corrected chi connectivity index (χ3v) is 7.55. The van der Waals surface area contributed by atoms with Crippen molar-refractivity contribution in [1.82, 2.24) is 10.2 Å². The summed E-state index contributed by atoms with van der Waals surface area (Å²) < 4.78 is 0. The van der Waals surface area contributed by atoms with Crippen molar-refractivity contribution in [2.45, 2.75) is 38.6 Å². The Morgan fingerprint density at radius 1 is 0.892 bits per heavy atom. The van der Waals surface area contributed by atoms with E-state index in [4.69, 9.17) is 34.8 Å². The van der Waals surface area contributed by atoms with E-state index in [0.29, 0.717) is 33.8 Å². The van der Waals surface area contributed by atoms with Crippen LogP contribution in [-0.4, -0.2) is 35.1 Å².